The number of carboxylic acids is 1. The third-order valence-corrected chi connectivity index (χ3v) is 3.37. The molecule has 4 nitrogen and oxygen atoms in total. The molecule has 17 heavy (non-hydrogen) atoms. The van der Waals surface area contributed by atoms with Gasteiger partial charge in [-0.1, -0.05) is 12.8 Å². The summed E-state index contributed by atoms with van der Waals surface area (Å²) in [5, 5.41) is 18.4. The van der Waals surface area contributed by atoms with Crippen LogP contribution in [0.5, 0.6) is 11.5 Å². The monoisotopic (exact) mass is 236 g/mol. The van der Waals surface area contributed by atoms with Crippen molar-refractivity contribution in [3.8, 4) is 11.5 Å². The van der Waals surface area contributed by atoms with Crippen molar-refractivity contribution in [2.45, 2.75) is 25.7 Å². The van der Waals surface area contributed by atoms with E-state index in [-0.39, 0.29) is 12.4 Å². The standard InChI is InChI=1S/C13H16O4/c14-10-3-5-11(6-4-10)17-9-13(12(15)16)7-1-2-8-13/h3-6,14H,1-2,7-9H2,(H,15,16). The van der Waals surface area contributed by atoms with Gasteiger partial charge in [-0.05, 0) is 37.1 Å². The van der Waals surface area contributed by atoms with Crippen LogP contribution in [0.1, 0.15) is 25.7 Å². The Morgan fingerprint density at radius 3 is 2.35 bits per heavy atom. The molecule has 0 aliphatic heterocycles. The Bertz CT molecular complexity index is 390. The van der Waals surface area contributed by atoms with Crippen LogP contribution >= 0.6 is 0 Å². The van der Waals surface area contributed by atoms with Crippen molar-refractivity contribution in [1.29, 1.82) is 0 Å². The molecular formula is C13H16O4. The lowest BCUT2D eigenvalue weighted by molar-refractivity contribution is -0.150. The van der Waals surface area contributed by atoms with Crippen LogP contribution in [0.2, 0.25) is 0 Å². The minimum Gasteiger partial charge on any atom is -0.508 e. The SMILES string of the molecule is O=C(O)C1(COc2ccc(O)cc2)CCCC1. The molecule has 0 heterocycles. The van der Waals surface area contributed by atoms with Gasteiger partial charge in [-0.15, -0.1) is 0 Å². The number of carboxylic acid groups (broad SMARTS) is 1. The van der Waals surface area contributed by atoms with Gasteiger partial charge < -0.3 is 14.9 Å². The second kappa shape index (κ2) is 4.65. The number of phenolic OH excluding ortho intramolecular Hbond substituents is 1. The van der Waals surface area contributed by atoms with Gasteiger partial charge in [0.05, 0.1) is 0 Å². The van der Waals surface area contributed by atoms with Crippen LogP contribution in [0.25, 0.3) is 0 Å². The minimum atomic E-state index is -0.770. The van der Waals surface area contributed by atoms with E-state index in [9.17, 15) is 9.90 Å². The first-order chi connectivity index (χ1) is 8.12. The van der Waals surface area contributed by atoms with Crippen molar-refractivity contribution in [3.05, 3.63) is 24.3 Å². The Morgan fingerprint density at radius 2 is 1.82 bits per heavy atom. The lowest BCUT2D eigenvalue weighted by Crippen LogP contribution is -2.34. The minimum absolute atomic E-state index is 0.172. The number of phenols is 1. The van der Waals surface area contributed by atoms with Gasteiger partial charge in [0.2, 0.25) is 0 Å². The van der Waals surface area contributed by atoms with Crippen LogP contribution < -0.4 is 4.74 Å². The molecule has 4 heteroatoms. The largest absolute Gasteiger partial charge is 0.508 e. The maximum Gasteiger partial charge on any atom is 0.313 e. The van der Waals surface area contributed by atoms with E-state index in [2.05, 4.69) is 0 Å². The predicted molar refractivity (Wildman–Crippen MR) is 62.1 cm³/mol. The van der Waals surface area contributed by atoms with Crippen molar-refractivity contribution < 1.29 is 19.7 Å². The Balaban J connectivity index is 2.00. The fourth-order valence-electron chi connectivity index (χ4n) is 2.24. The molecule has 1 aliphatic rings. The van der Waals surface area contributed by atoms with Crippen LogP contribution in [0.15, 0.2) is 24.3 Å². The number of hydrogen-bond donors (Lipinski definition) is 2. The Hall–Kier alpha value is -1.71. The average Bonchev–Trinajstić information content (AvgIpc) is 2.78. The average molecular weight is 236 g/mol. The third-order valence-electron chi connectivity index (χ3n) is 3.37. The van der Waals surface area contributed by atoms with E-state index in [0.717, 1.165) is 12.8 Å². The summed E-state index contributed by atoms with van der Waals surface area (Å²) in [7, 11) is 0. The summed E-state index contributed by atoms with van der Waals surface area (Å²) in [6, 6.07) is 6.33. The first kappa shape index (κ1) is 11.8. The lowest BCUT2D eigenvalue weighted by atomic mass is 9.87. The topological polar surface area (TPSA) is 66.8 Å². The van der Waals surface area contributed by atoms with Gasteiger partial charge in [0, 0.05) is 0 Å². The molecule has 0 aromatic heterocycles. The molecule has 92 valence electrons. The highest BCUT2D eigenvalue weighted by Crippen LogP contribution is 2.38. The van der Waals surface area contributed by atoms with Crippen LogP contribution in [0, 0.1) is 5.41 Å². The van der Waals surface area contributed by atoms with Crippen molar-refractivity contribution in [2.24, 2.45) is 5.41 Å². The number of aromatic hydroxyl groups is 1. The highest BCUT2D eigenvalue weighted by atomic mass is 16.5. The lowest BCUT2D eigenvalue weighted by Gasteiger charge is -2.23. The van der Waals surface area contributed by atoms with Crippen molar-refractivity contribution >= 4 is 5.97 Å². The second-order valence-corrected chi connectivity index (χ2v) is 4.58. The summed E-state index contributed by atoms with van der Waals surface area (Å²) in [5.41, 5.74) is -0.724. The summed E-state index contributed by atoms with van der Waals surface area (Å²) < 4.78 is 5.52. The van der Waals surface area contributed by atoms with E-state index in [4.69, 9.17) is 9.84 Å². The van der Waals surface area contributed by atoms with Gasteiger partial charge in [-0.25, -0.2) is 0 Å². The van der Waals surface area contributed by atoms with Crippen LogP contribution in [-0.2, 0) is 4.79 Å². The summed E-state index contributed by atoms with van der Waals surface area (Å²) in [5.74, 6) is -0.00438. The normalized spacial score (nSPS) is 17.9. The first-order valence-electron chi connectivity index (χ1n) is 5.78. The zero-order valence-electron chi connectivity index (χ0n) is 9.56. The van der Waals surface area contributed by atoms with Crippen LogP contribution in [-0.4, -0.2) is 22.8 Å². The van der Waals surface area contributed by atoms with Crippen molar-refractivity contribution in [3.63, 3.8) is 0 Å². The summed E-state index contributed by atoms with van der Waals surface area (Å²) >= 11 is 0. The quantitative estimate of drug-likeness (QED) is 0.842. The van der Waals surface area contributed by atoms with Crippen molar-refractivity contribution in [2.75, 3.05) is 6.61 Å². The van der Waals surface area contributed by atoms with Gasteiger partial charge in [-0.2, -0.15) is 0 Å². The maximum absolute atomic E-state index is 11.3. The summed E-state index contributed by atoms with van der Waals surface area (Å²) in [4.78, 5) is 11.3. The van der Waals surface area contributed by atoms with Crippen LogP contribution in [0.4, 0.5) is 0 Å². The molecule has 1 aromatic rings. The summed E-state index contributed by atoms with van der Waals surface area (Å²) in [6.45, 7) is 0.201. The molecule has 1 aliphatic carbocycles. The molecule has 1 saturated carbocycles. The fraction of sp³-hybridized carbons (Fsp3) is 0.462. The van der Waals surface area contributed by atoms with E-state index >= 15 is 0 Å². The van der Waals surface area contributed by atoms with Gasteiger partial charge in [0.25, 0.3) is 0 Å². The molecule has 0 amide bonds. The van der Waals surface area contributed by atoms with Gasteiger partial charge in [0.15, 0.2) is 0 Å². The van der Waals surface area contributed by atoms with E-state index in [0.29, 0.717) is 18.6 Å². The Labute approximate surface area is 99.8 Å². The number of aliphatic carboxylic acids is 1. The van der Waals surface area contributed by atoms with E-state index in [1.54, 1.807) is 12.1 Å². The van der Waals surface area contributed by atoms with Gasteiger partial charge in [-0.3, -0.25) is 4.79 Å². The van der Waals surface area contributed by atoms with Crippen molar-refractivity contribution in [1.82, 2.24) is 0 Å². The number of ether oxygens (including phenoxy) is 1. The Kier molecular flexibility index (Phi) is 3.22. The smallest absolute Gasteiger partial charge is 0.313 e. The highest BCUT2D eigenvalue weighted by molar-refractivity contribution is 5.75. The second-order valence-electron chi connectivity index (χ2n) is 4.58. The van der Waals surface area contributed by atoms with E-state index in [1.807, 2.05) is 0 Å². The molecule has 1 fully saturated rings. The predicted octanol–water partition coefficient (Wildman–Crippen LogP) is 2.42. The zero-order chi connectivity index (χ0) is 12.3. The molecule has 2 N–H and O–H groups in total. The third kappa shape index (κ3) is 2.52. The zero-order valence-corrected chi connectivity index (χ0v) is 9.56. The van der Waals surface area contributed by atoms with Gasteiger partial charge in [0.1, 0.15) is 23.5 Å². The van der Waals surface area contributed by atoms with Gasteiger partial charge >= 0.3 is 5.97 Å². The molecule has 1 aromatic carbocycles. The maximum atomic E-state index is 11.3. The fourth-order valence-corrected chi connectivity index (χ4v) is 2.24. The molecule has 0 atom stereocenters. The summed E-state index contributed by atoms with van der Waals surface area (Å²) in [6.07, 6.45) is 3.26. The first-order valence-corrected chi connectivity index (χ1v) is 5.78. The highest BCUT2D eigenvalue weighted by Gasteiger charge is 2.42. The molecular weight excluding hydrogens is 220 g/mol. The molecule has 0 unspecified atom stereocenters. The van der Waals surface area contributed by atoms with E-state index in [1.165, 1.54) is 12.1 Å². The molecule has 0 spiro atoms. The number of benzene rings is 1. The molecule has 0 saturated heterocycles. The van der Waals surface area contributed by atoms with Crippen LogP contribution in [0.3, 0.4) is 0 Å². The number of carbonyl (C=O) groups is 1. The van der Waals surface area contributed by atoms with E-state index < -0.39 is 11.4 Å². The molecule has 0 bridgehead atoms. The molecule has 0 radical (unpaired) electrons. The number of rotatable bonds is 4. The number of hydrogen-bond acceptors (Lipinski definition) is 3. The molecule has 2 rings (SSSR count). The Morgan fingerprint density at radius 1 is 1.24 bits per heavy atom.